The van der Waals surface area contributed by atoms with Crippen LogP contribution in [0.4, 0.5) is 0 Å². The van der Waals surface area contributed by atoms with Gasteiger partial charge >= 0.3 is 5.97 Å². The van der Waals surface area contributed by atoms with Crippen molar-refractivity contribution in [2.24, 2.45) is 11.8 Å². The average Bonchev–Trinajstić information content (AvgIpc) is 2.30. The van der Waals surface area contributed by atoms with Gasteiger partial charge in [-0.2, -0.15) is 0 Å². The van der Waals surface area contributed by atoms with Gasteiger partial charge in [0.2, 0.25) is 0 Å². The van der Waals surface area contributed by atoms with Crippen LogP contribution in [0.2, 0.25) is 0 Å². The second-order valence-electron chi connectivity index (χ2n) is 3.64. The van der Waals surface area contributed by atoms with E-state index in [0.717, 1.165) is 0 Å². The molecule has 3 unspecified atom stereocenters. The zero-order valence-corrected chi connectivity index (χ0v) is 11.6. The second-order valence-corrected chi connectivity index (χ2v) is 5.06. The summed E-state index contributed by atoms with van der Waals surface area (Å²) in [5.74, 6) is -1.79. The molecule has 17 heavy (non-hydrogen) atoms. The fourth-order valence-corrected chi connectivity index (χ4v) is 2.79. The van der Waals surface area contributed by atoms with E-state index in [9.17, 15) is 14.9 Å². The number of methoxy groups -OCH3 is 1. The number of carbonyl (C=O) groups excluding carboxylic acids is 1. The van der Waals surface area contributed by atoms with Gasteiger partial charge in [-0.3, -0.25) is 14.9 Å². The monoisotopic (exact) mass is 323 g/mol. The van der Waals surface area contributed by atoms with E-state index in [-0.39, 0.29) is 5.70 Å². The van der Waals surface area contributed by atoms with E-state index in [1.165, 1.54) is 19.3 Å². The van der Waals surface area contributed by atoms with Gasteiger partial charge in [0.25, 0.3) is 5.70 Å². The Labute approximate surface area is 112 Å². The lowest BCUT2D eigenvalue weighted by Gasteiger charge is -2.26. The molecule has 1 aliphatic rings. The third-order valence-corrected chi connectivity index (χ3v) is 4.34. The van der Waals surface area contributed by atoms with Gasteiger partial charge in [0.05, 0.1) is 28.7 Å². The first-order valence-electron chi connectivity index (χ1n) is 4.83. The number of halogens is 2. The quantitative estimate of drug-likeness (QED) is 0.346. The number of hydrogen-bond acceptors (Lipinski definition) is 4. The Morgan fingerprint density at radius 3 is 2.71 bits per heavy atom. The molecule has 3 atom stereocenters. The summed E-state index contributed by atoms with van der Waals surface area (Å²) in [5.41, 5.74) is -0.0471. The maximum atomic E-state index is 11.5. The van der Waals surface area contributed by atoms with Crippen LogP contribution in [-0.2, 0) is 9.53 Å². The molecule has 0 fully saturated rings. The normalized spacial score (nSPS) is 25.6. The van der Waals surface area contributed by atoms with Crippen molar-refractivity contribution in [1.29, 1.82) is 0 Å². The minimum absolute atomic E-state index is 0.0471. The molecule has 0 saturated carbocycles. The molecule has 0 N–H and O–H groups in total. The highest BCUT2D eigenvalue weighted by Crippen LogP contribution is 2.38. The molecule has 0 saturated heterocycles. The lowest BCUT2D eigenvalue weighted by molar-refractivity contribution is -0.435. The van der Waals surface area contributed by atoms with Crippen molar-refractivity contribution in [1.82, 2.24) is 0 Å². The fraction of sp³-hybridized carbons (Fsp3) is 0.500. The Hall–Kier alpha value is -0.880. The van der Waals surface area contributed by atoms with Gasteiger partial charge in [0, 0.05) is 11.1 Å². The molecule has 5 nitrogen and oxygen atoms in total. The Bertz CT molecular complexity index is 407. The first-order valence-corrected chi connectivity index (χ1v) is 6.13. The molecule has 1 rings (SSSR count). The van der Waals surface area contributed by atoms with Crippen molar-refractivity contribution in [2.75, 3.05) is 7.11 Å². The molecule has 0 bridgehead atoms. The molecule has 1 aliphatic carbocycles. The highest BCUT2D eigenvalue weighted by atomic mass is 79.9. The third-order valence-electron chi connectivity index (χ3n) is 2.66. The van der Waals surface area contributed by atoms with Gasteiger partial charge < -0.3 is 4.74 Å². The number of rotatable bonds is 3. The van der Waals surface area contributed by atoms with Gasteiger partial charge in [-0.1, -0.05) is 34.5 Å². The molecule has 0 radical (unpaired) electrons. The SMILES string of the molecule is COC(=O)C(C)C1C([N+](=O)[O-])=CC=C(Cl)C1Br. The molecular formula is C10H11BrClNO4. The van der Waals surface area contributed by atoms with Crippen molar-refractivity contribution in [3.05, 3.63) is 33.0 Å². The summed E-state index contributed by atoms with van der Waals surface area (Å²) in [5, 5.41) is 11.4. The van der Waals surface area contributed by atoms with Crippen molar-refractivity contribution in [3.63, 3.8) is 0 Å². The average molecular weight is 325 g/mol. The van der Waals surface area contributed by atoms with Gasteiger partial charge in [-0.05, 0) is 6.08 Å². The highest BCUT2D eigenvalue weighted by Gasteiger charge is 2.42. The second kappa shape index (κ2) is 5.64. The Morgan fingerprint density at radius 1 is 1.65 bits per heavy atom. The van der Waals surface area contributed by atoms with Crippen LogP contribution in [0.1, 0.15) is 6.92 Å². The number of nitrogens with zero attached hydrogens (tertiary/aromatic N) is 1. The van der Waals surface area contributed by atoms with E-state index >= 15 is 0 Å². The summed E-state index contributed by atoms with van der Waals surface area (Å²) >= 11 is 9.19. The number of hydrogen-bond donors (Lipinski definition) is 0. The Kier molecular flexibility index (Phi) is 4.70. The van der Waals surface area contributed by atoms with E-state index in [1.807, 2.05) is 0 Å². The van der Waals surface area contributed by atoms with Crippen LogP contribution in [0.25, 0.3) is 0 Å². The molecule has 0 aliphatic heterocycles. The third kappa shape index (κ3) is 2.87. The first-order chi connectivity index (χ1) is 7.90. The Morgan fingerprint density at radius 2 is 2.24 bits per heavy atom. The van der Waals surface area contributed by atoms with Crippen molar-refractivity contribution in [2.45, 2.75) is 11.8 Å². The first kappa shape index (κ1) is 14.2. The van der Waals surface area contributed by atoms with Crippen LogP contribution in [-0.4, -0.2) is 22.8 Å². The van der Waals surface area contributed by atoms with Crippen molar-refractivity contribution >= 4 is 33.5 Å². The van der Waals surface area contributed by atoms with E-state index in [1.54, 1.807) is 6.92 Å². The molecule has 7 heteroatoms. The maximum absolute atomic E-state index is 11.5. The summed E-state index contributed by atoms with van der Waals surface area (Å²) in [6.07, 6.45) is 2.78. The number of allylic oxidation sites excluding steroid dienone is 4. The number of ether oxygens (including phenoxy) is 1. The summed E-state index contributed by atoms with van der Waals surface area (Å²) in [4.78, 5) is 21.4. The number of alkyl halides is 1. The topological polar surface area (TPSA) is 69.4 Å². The van der Waals surface area contributed by atoms with Gasteiger partial charge in [0.1, 0.15) is 0 Å². The molecule has 94 valence electrons. The van der Waals surface area contributed by atoms with Crippen LogP contribution in [0, 0.1) is 22.0 Å². The van der Waals surface area contributed by atoms with Crippen LogP contribution in [0.3, 0.4) is 0 Å². The number of esters is 1. The van der Waals surface area contributed by atoms with Crippen LogP contribution >= 0.6 is 27.5 Å². The largest absolute Gasteiger partial charge is 0.469 e. The molecule has 0 aromatic heterocycles. The molecule has 0 aromatic rings. The van der Waals surface area contributed by atoms with E-state index in [4.69, 9.17) is 11.6 Å². The molecule has 0 amide bonds. The zero-order chi connectivity index (χ0) is 13.2. The molecule has 0 heterocycles. The summed E-state index contributed by atoms with van der Waals surface area (Å²) in [6.45, 7) is 1.58. The van der Waals surface area contributed by atoms with E-state index in [0.29, 0.717) is 5.03 Å². The van der Waals surface area contributed by atoms with Crippen LogP contribution in [0.5, 0.6) is 0 Å². The van der Waals surface area contributed by atoms with E-state index in [2.05, 4.69) is 20.7 Å². The number of carbonyl (C=O) groups is 1. The van der Waals surface area contributed by atoms with Crippen LogP contribution in [0.15, 0.2) is 22.9 Å². The minimum atomic E-state index is -0.650. The smallest absolute Gasteiger partial charge is 0.309 e. The highest BCUT2D eigenvalue weighted by molar-refractivity contribution is 9.09. The van der Waals surface area contributed by atoms with Gasteiger partial charge in [-0.25, -0.2) is 0 Å². The fourth-order valence-electron chi connectivity index (χ4n) is 1.71. The molecule has 0 aromatic carbocycles. The predicted molar refractivity (Wildman–Crippen MR) is 66.4 cm³/mol. The summed E-state index contributed by atoms with van der Waals surface area (Å²) in [7, 11) is 1.25. The number of nitro groups is 1. The Balaban J connectivity index is 3.10. The van der Waals surface area contributed by atoms with E-state index < -0.39 is 27.6 Å². The standard InChI is InChI=1S/C10H11BrClNO4/c1-5(10(14)17-2)8-7(13(15)16)4-3-6(12)9(8)11/h3-5,8-9H,1-2H3. The van der Waals surface area contributed by atoms with Crippen molar-refractivity contribution in [3.8, 4) is 0 Å². The molecular weight excluding hydrogens is 313 g/mol. The summed E-state index contributed by atoms with van der Waals surface area (Å²) < 4.78 is 4.60. The lowest BCUT2D eigenvalue weighted by Crippen LogP contribution is -2.34. The molecule has 0 spiro atoms. The summed E-state index contributed by atoms with van der Waals surface area (Å²) in [6, 6.07) is 0. The van der Waals surface area contributed by atoms with Gasteiger partial charge in [0.15, 0.2) is 0 Å². The van der Waals surface area contributed by atoms with Crippen molar-refractivity contribution < 1.29 is 14.5 Å². The van der Waals surface area contributed by atoms with Crippen LogP contribution < -0.4 is 0 Å². The van der Waals surface area contributed by atoms with Gasteiger partial charge in [-0.15, -0.1) is 0 Å². The lowest BCUT2D eigenvalue weighted by atomic mass is 9.85. The maximum Gasteiger partial charge on any atom is 0.309 e. The predicted octanol–water partition coefficient (Wildman–Crippen LogP) is 2.47. The minimum Gasteiger partial charge on any atom is -0.469 e. The zero-order valence-electron chi connectivity index (χ0n) is 9.22.